The number of benzene rings is 1. The Morgan fingerprint density at radius 1 is 1.22 bits per heavy atom. The van der Waals surface area contributed by atoms with Gasteiger partial charge in [0.05, 0.1) is 6.26 Å². The molecule has 3 rings (SSSR count). The minimum Gasteiger partial charge on any atom is -0.465 e. The first-order valence-electron chi connectivity index (χ1n) is 7.14. The fourth-order valence-corrected chi connectivity index (χ4v) is 2.43. The second kappa shape index (κ2) is 6.36. The molecule has 0 amide bonds. The van der Waals surface area contributed by atoms with Gasteiger partial charge in [-0.3, -0.25) is 4.79 Å². The summed E-state index contributed by atoms with van der Waals surface area (Å²) >= 11 is 0. The summed E-state index contributed by atoms with van der Waals surface area (Å²) < 4.78 is 10.1. The van der Waals surface area contributed by atoms with Crippen LogP contribution in [0.4, 0.5) is 0 Å². The number of aromatic nitrogens is 1. The summed E-state index contributed by atoms with van der Waals surface area (Å²) in [5.41, 5.74) is 2.21. The van der Waals surface area contributed by atoms with E-state index in [1.807, 2.05) is 31.2 Å². The van der Waals surface area contributed by atoms with Crippen molar-refractivity contribution in [3.8, 4) is 0 Å². The predicted molar refractivity (Wildman–Crippen MR) is 86.1 cm³/mol. The number of H-pyrrole nitrogens is 1. The molecule has 0 radical (unpaired) electrons. The fraction of sp³-hybridized carbons (Fsp3) is 0.111. The van der Waals surface area contributed by atoms with Gasteiger partial charge in [0.15, 0.2) is 6.61 Å². The molecule has 0 aliphatic rings. The molecule has 0 saturated heterocycles. The molecular formula is C18H15NO4. The van der Waals surface area contributed by atoms with Crippen molar-refractivity contribution < 1.29 is 18.7 Å². The first kappa shape index (κ1) is 14.8. The van der Waals surface area contributed by atoms with Gasteiger partial charge in [-0.05, 0) is 31.2 Å². The van der Waals surface area contributed by atoms with Gasteiger partial charge in [0.2, 0.25) is 5.78 Å². The molecule has 0 atom stereocenters. The van der Waals surface area contributed by atoms with E-state index >= 15 is 0 Å². The highest BCUT2D eigenvalue weighted by Crippen LogP contribution is 2.22. The molecule has 0 spiro atoms. The third-order valence-electron chi connectivity index (χ3n) is 3.44. The van der Waals surface area contributed by atoms with E-state index < -0.39 is 5.97 Å². The van der Waals surface area contributed by atoms with E-state index in [9.17, 15) is 9.59 Å². The van der Waals surface area contributed by atoms with E-state index in [1.165, 1.54) is 18.4 Å². The SMILES string of the molecule is Cc1[nH]c2ccccc2c1C(=O)COC(=O)/C=C/c1ccco1. The molecular weight excluding hydrogens is 294 g/mol. The lowest BCUT2D eigenvalue weighted by atomic mass is 10.1. The number of carbonyl (C=O) groups is 2. The first-order valence-corrected chi connectivity index (χ1v) is 7.14. The Morgan fingerprint density at radius 3 is 2.83 bits per heavy atom. The molecule has 5 nitrogen and oxygen atoms in total. The van der Waals surface area contributed by atoms with Crippen molar-refractivity contribution in [2.24, 2.45) is 0 Å². The number of aryl methyl sites for hydroxylation is 1. The molecule has 2 heterocycles. The lowest BCUT2D eigenvalue weighted by Crippen LogP contribution is -2.13. The average Bonchev–Trinajstić information content (AvgIpc) is 3.17. The van der Waals surface area contributed by atoms with Crippen molar-refractivity contribution in [2.75, 3.05) is 6.61 Å². The minimum atomic E-state index is -0.591. The van der Waals surface area contributed by atoms with Crippen LogP contribution >= 0.6 is 0 Å². The number of hydrogen-bond donors (Lipinski definition) is 1. The molecule has 1 aromatic carbocycles. The first-order chi connectivity index (χ1) is 11.1. The monoisotopic (exact) mass is 309 g/mol. The Morgan fingerprint density at radius 2 is 2.04 bits per heavy atom. The van der Waals surface area contributed by atoms with Crippen molar-refractivity contribution in [3.63, 3.8) is 0 Å². The van der Waals surface area contributed by atoms with E-state index in [-0.39, 0.29) is 12.4 Å². The van der Waals surface area contributed by atoms with Crippen LogP contribution in [-0.4, -0.2) is 23.3 Å². The van der Waals surface area contributed by atoms with Crippen molar-refractivity contribution in [1.82, 2.24) is 4.98 Å². The molecule has 0 unspecified atom stereocenters. The predicted octanol–water partition coefficient (Wildman–Crippen LogP) is 3.51. The Kier molecular flexibility index (Phi) is 4.10. The summed E-state index contributed by atoms with van der Waals surface area (Å²) in [7, 11) is 0. The summed E-state index contributed by atoms with van der Waals surface area (Å²) in [6, 6.07) is 11.0. The third-order valence-corrected chi connectivity index (χ3v) is 3.44. The number of hydrogen-bond acceptors (Lipinski definition) is 4. The van der Waals surface area contributed by atoms with E-state index in [1.54, 1.807) is 12.1 Å². The van der Waals surface area contributed by atoms with E-state index in [0.29, 0.717) is 11.3 Å². The number of carbonyl (C=O) groups excluding carboxylic acids is 2. The van der Waals surface area contributed by atoms with Gasteiger partial charge in [-0.15, -0.1) is 0 Å². The number of ether oxygens (including phenoxy) is 1. The normalized spacial score (nSPS) is 11.2. The second-order valence-corrected chi connectivity index (χ2v) is 5.05. The van der Waals surface area contributed by atoms with Crippen LogP contribution < -0.4 is 0 Å². The molecule has 0 fully saturated rings. The highest BCUT2D eigenvalue weighted by molar-refractivity contribution is 6.10. The maximum Gasteiger partial charge on any atom is 0.331 e. The summed E-state index contributed by atoms with van der Waals surface area (Å²) in [4.78, 5) is 27.1. The van der Waals surface area contributed by atoms with Crippen LogP contribution in [0.1, 0.15) is 21.8 Å². The highest BCUT2D eigenvalue weighted by atomic mass is 16.5. The standard InChI is InChI=1S/C18H15NO4/c1-12-18(14-6-2-3-7-15(14)19-12)16(20)11-23-17(21)9-8-13-5-4-10-22-13/h2-10,19H,11H2,1H3/b9-8+. The Balaban J connectivity index is 1.67. The number of fused-ring (bicyclic) bond motifs is 1. The van der Waals surface area contributed by atoms with Gasteiger partial charge < -0.3 is 14.1 Å². The third kappa shape index (κ3) is 3.23. The van der Waals surface area contributed by atoms with Gasteiger partial charge in [-0.25, -0.2) is 4.79 Å². The van der Waals surface area contributed by atoms with E-state index in [2.05, 4.69) is 4.98 Å². The number of ketones is 1. The molecule has 0 saturated carbocycles. The zero-order valence-electron chi connectivity index (χ0n) is 12.5. The van der Waals surface area contributed by atoms with E-state index in [0.717, 1.165) is 16.6 Å². The summed E-state index contributed by atoms with van der Waals surface area (Å²) in [6.45, 7) is 1.52. The maximum absolute atomic E-state index is 12.3. The minimum absolute atomic E-state index is 0.236. The summed E-state index contributed by atoms with van der Waals surface area (Å²) in [5.74, 6) is -0.285. The van der Waals surface area contributed by atoms with Crippen LogP contribution in [0.3, 0.4) is 0 Å². The number of rotatable bonds is 5. The van der Waals surface area contributed by atoms with Gasteiger partial charge >= 0.3 is 5.97 Å². The molecule has 0 bridgehead atoms. The average molecular weight is 309 g/mol. The van der Waals surface area contributed by atoms with E-state index in [4.69, 9.17) is 9.15 Å². The molecule has 1 N–H and O–H groups in total. The number of esters is 1. The largest absolute Gasteiger partial charge is 0.465 e. The van der Waals surface area contributed by atoms with Gasteiger partial charge in [0, 0.05) is 28.2 Å². The summed E-state index contributed by atoms with van der Waals surface area (Å²) in [5, 5.41) is 0.831. The Hall–Kier alpha value is -3.08. The maximum atomic E-state index is 12.3. The van der Waals surface area contributed by atoms with Crippen molar-refractivity contribution in [3.05, 3.63) is 65.8 Å². The van der Waals surface area contributed by atoms with Crippen LogP contribution in [0, 0.1) is 6.92 Å². The highest BCUT2D eigenvalue weighted by Gasteiger charge is 2.16. The number of nitrogens with one attached hydrogen (secondary N) is 1. The van der Waals surface area contributed by atoms with Crippen LogP contribution in [0.25, 0.3) is 17.0 Å². The van der Waals surface area contributed by atoms with Crippen LogP contribution in [-0.2, 0) is 9.53 Å². The van der Waals surface area contributed by atoms with Gasteiger partial charge in [-0.2, -0.15) is 0 Å². The zero-order valence-corrected chi connectivity index (χ0v) is 12.5. The molecule has 23 heavy (non-hydrogen) atoms. The second-order valence-electron chi connectivity index (χ2n) is 5.05. The van der Waals surface area contributed by atoms with Crippen LogP contribution in [0.15, 0.2) is 53.2 Å². The van der Waals surface area contributed by atoms with Crippen LogP contribution in [0.2, 0.25) is 0 Å². The molecule has 0 aliphatic carbocycles. The van der Waals surface area contributed by atoms with Gasteiger partial charge in [-0.1, -0.05) is 18.2 Å². The lowest BCUT2D eigenvalue weighted by molar-refractivity contribution is -0.136. The lowest BCUT2D eigenvalue weighted by Gasteiger charge is -2.02. The van der Waals surface area contributed by atoms with Gasteiger partial charge in [0.25, 0.3) is 0 Å². The molecule has 3 aromatic rings. The Bertz CT molecular complexity index is 872. The van der Waals surface area contributed by atoms with Crippen LogP contribution in [0.5, 0.6) is 0 Å². The molecule has 0 aliphatic heterocycles. The summed E-state index contributed by atoms with van der Waals surface area (Å²) in [6.07, 6.45) is 4.23. The smallest absolute Gasteiger partial charge is 0.331 e. The Labute approximate surface area is 132 Å². The van der Waals surface area contributed by atoms with Gasteiger partial charge in [0.1, 0.15) is 5.76 Å². The number of furan rings is 1. The van der Waals surface area contributed by atoms with Crippen molar-refractivity contribution in [2.45, 2.75) is 6.92 Å². The quantitative estimate of drug-likeness (QED) is 0.445. The zero-order chi connectivity index (χ0) is 16.2. The molecule has 116 valence electrons. The van der Waals surface area contributed by atoms with Crippen molar-refractivity contribution in [1.29, 1.82) is 0 Å². The number of Topliss-reactive ketones (excluding diaryl/α,β-unsaturated/α-hetero) is 1. The number of para-hydroxylation sites is 1. The fourth-order valence-electron chi connectivity index (χ4n) is 2.43. The topological polar surface area (TPSA) is 72.3 Å². The van der Waals surface area contributed by atoms with Crippen molar-refractivity contribution >= 4 is 28.7 Å². The molecule has 2 aromatic heterocycles. The number of aromatic amines is 1. The molecule has 5 heteroatoms.